The molecule has 2 aromatic rings. The first-order valence-corrected chi connectivity index (χ1v) is 6.47. The number of carboxylic acid groups (broad SMARTS) is 1. The fourth-order valence-corrected chi connectivity index (χ4v) is 2.03. The third-order valence-electron chi connectivity index (χ3n) is 3.12. The van der Waals surface area contributed by atoms with Gasteiger partial charge in [-0.25, -0.2) is 4.68 Å². The normalized spacial score (nSPS) is 10.6. The zero-order chi connectivity index (χ0) is 13.8. The Balaban J connectivity index is 2.21. The molecule has 0 fully saturated rings. The molecular formula is C15H18N2O2. The van der Waals surface area contributed by atoms with Crippen molar-refractivity contribution in [1.82, 2.24) is 9.78 Å². The van der Waals surface area contributed by atoms with Gasteiger partial charge in [0.1, 0.15) is 0 Å². The molecule has 0 saturated heterocycles. The molecule has 2 rings (SSSR count). The standard InChI is InChI=1S/C15H18N2O2/c1-3-12-4-7-14(8-5-12)17-11(2)10-13(16-17)6-9-15(18)19/h4-5,7-8,10H,3,6,9H2,1-2H3,(H,18,19). The highest BCUT2D eigenvalue weighted by molar-refractivity contribution is 5.66. The molecule has 0 aliphatic carbocycles. The minimum absolute atomic E-state index is 0.116. The summed E-state index contributed by atoms with van der Waals surface area (Å²) in [6, 6.07) is 10.2. The average molecular weight is 258 g/mol. The van der Waals surface area contributed by atoms with E-state index in [0.29, 0.717) is 6.42 Å². The number of nitrogens with zero attached hydrogens (tertiary/aromatic N) is 2. The number of hydrogen-bond donors (Lipinski definition) is 1. The van der Waals surface area contributed by atoms with Crippen molar-refractivity contribution in [3.8, 4) is 5.69 Å². The first-order chi connectivity index (χ1) is 9.10. The number of hydrogen-bond acceptors (Lipinski definition) is 2. The van der Waals surface area contributed by atoms with E-state index >= 15 is 0 Å². The maximum Gasteiger partial charge on any atom is 0.303 e. The average Bonchev–Trinajstić information content (AvgIpc) is 2.78. The topological polar surface area (TPSA) is 55.1 Å². The van der Waals surface area contributed by atoms with Crippen molar-refractivity contribution in [1.29, 1.82) is 0 Å². The van der Waals surface area contributed by atoms with E-state index in [2.05, 4.69) is 24.2 Å². The first-order valence-electron chi connectivity index (χ1n) is 6.47. The molecular weight excluding hydrogens is 240 g/mol. The highest BCUT2D eigenvalue weighted by atomic mass is 16.4. The van der Waals surface area contributed by atoms with E-state index < -0.39 is 5.97 Å². The largest absolute Gasteiger partial charge is 0.481 e. The number of aliphatic carboxylic acids is 1. The van der Waals surface area contributed by atoms with Crippen LogP contribution in [0.15, 0.2) is 30.3 Å². The van der Waals surface area contributed by atoms with Crippen LogP contribution in [0.1, 0.15) is 30.3 Å². The van der Waals surface area contributed by atoms with Crippen LogP contribution in [0.3, 0.4) is 0 Å². The second-order valence-corrected chi connectivity index (χ2v) is 4.60. The minimum atomic E-state index is -0.792. The number of carboxylic acids is 1. The van der Waals surface area contributed by atoms with Gasteiger partial charge in [-0.2, -0.15) is 5.10 Å². The molecule has 0 unspecified atom stereocenters. The Bertz CT molecular complexity index is 570. The molecule has 1 aromatic heterocycles. The predicted molar refractivity (Wildman–Crippen MR) is 73.6 cm³/mol. The lowest BCUT2D eigenvalue weighted by Gasteiger charge is -2.05. The van der Waals surface area contributed by atoms with Crippen LogP contribution in [-0.2, 0) is 17.6 Å². The molecule has 1 aromatic carbocycles. The molecule has 1 N–H and O–H groups in total. The van der Waals surface area contributed by atoms with E-state index in [9.17, 15) is 4.79 Å². The molecule has 0 radical (unpaired) electrons. The van der Waals surface area contributed by atoms with E-state index in [1.165, 1.54) is 5.56 Å². The number of rotatable bonds is 5. The van der Waals surface area contributed by atoms with Crippen molar-refractivity contribution < 1.29 is 9.90 Å². The van der Waals surface area contributed by atoms with Crippen molar-refractivity contribution in [2.75, 3.05) is 0 Å². The molecule has 0 spiro atoms. The summed E-state index contributed by atoms with van der Waals surface area (Å²) in [6.07, 6.45) is 1.60. The van der Waals surface area contributed by atoms with E-state index in [0.717, 1.165) is 23.5 Å². The van der Waals surface area contributed by atoms with E-state index in [-0.39, 0.29) is 6.42 Å². The van der Waals surface area contributed by atoms with Gasteiger partial charge in [0.15, 0.2) is 0 Å². The second kappa shape index (κ2) is 5.69. The van der Waals surface area contributed by atoms with Crippen LogP contribution in [0, 0.1) is 6.92 Å². The summed E-state index contributed by atoms with van der Waals surface area (Å²) in [4.78, 5) is 10.6. The van der Waals surface area contributed by atoms with Crippen LogP contribution in [0.2, 0.25) is 0 Å². The molecule has 0 saturated carbocycles. The van der Waals surface area contributed by atoms with Crippen molar-refractivity contribution in [3.63, 3.8) is 0 Å². The maximum absolute atomic E-state index is 10.6. The molecule has 0 amide bonds. The zero-order valence-electron chi connectivity index (χ0n) is 11.3. The van der Waals surface area contributed by atoms with Crippen molar-refractivity contribution in [2.24, 2.45) is 0 Å². The molecule has 4 heteroatoms. The number of aromatic nitrogens is 2. The Morgan fingerprint density at radius 3 is 2.58 bits per heavy atom. The lowest BCUT2D eigenvalue weighted by molar-refractivity contribution is -0.136. The van der Waals surface area contributed by atoms with Gasteiger partial charge in [0.05, 0.1) is 17.8 Å². The van der Waals surface area contributed by atoms with Crippen LogP contribution in [0.25, 0.3) is 5.69 Å². The third-order valence-corrected chi connectivity index (χ3v) is 3.12. The summed E-state index contributed by atoms with van der Waals surface area (Å²) < 4.78 is 1.86. The number of benzene rings is 1. The van der Waals surface area contributed by atoms with Gasteiger partial charge in [0.25, 0.3) is 0 Å². The van der Waals surface area contributed by atoms with Gasteiger partial charge in [-0.3, -0.25) is 4.79 Å². The van der Waals surface area contributed by atoms with Crippen molar-refractivity contribution in [3.05, 3.63) is 47.3 Å². The van der Waals surface area contributed by atoms with Gasteiger partial charge < -0.3 is 5.11 Å². The molecule has 0 aliphatic rings. The molecule has 0 atom stereocenters. The molecule has 100 valence electrons. The summed E-state index contributed by atoms with van der Waals surface area (Å²) in [5.74, 6) is -0.792. The number of aryl methyl sites for hydroxylation is 3. The Hall–Kier alpha value is -2.10. The smallest absolute Gasteiger partial charge is 0.303 e. The Labute approximate surface area is 112 Å². The quantitative estimate of drug-likeness (QED) is 0.897. The molecule has 1 heterocycles. The van der Waals surface area contributed by atoms with Gasteiger partial charge in [-0.1, -0.05) is 19.1 Å². The summed E-state index contributed by atoms with van der Waals surface area (Å²) in [5.41, 5.74) is 4.14. The van der Waals surface area contributed by atoms with Gasteiger partial charge in [-0.05, 0) is 37.1 Å². The number of carbonyl (C=O) groups is 1. The van der Waals surface area contributed by atoms with Gasteiger partial charge in [0.2, 0.25) is 0 Å². The lowest BCUT2D eigenvalue weighted by atomic mass is 10.1. The Morgan fingerprint density at radius 1 is 1.32 bits per heavy atom. The van der Waals surface area contributed by atoms with Crippen LogP contribution in [0.5, 0.6) is 0 Å². The monoisotopic (exact) mass is 258 g/mol. The van der Waals surface area contributed by atoms with E-state index in [1.807, 2.05) is 29.8 Å². The van der Waals surface area contributed by atoms with Crippen LogP contribution >= 0.6 is 0 Å². The highest BCUT2D eigenvalue weighted by Crippen LogP contribution is 2.14. The zero-order valence-corrected chi connectivity index (χ0v) is 11.3. The molecule has 0 bridgehead atoms. The fraction of sp³-hybridized carbons (Fsp3) is 0.333. The van der Waals surface area contributed by atoms with E-state index in [4.69, 9.17) is 5.11 Å². The molecule has 4 nitrogen and oxygen atoms in total. The van der Waals surface area contributed by atoms with Gasteiger partial charge in [-0.15, -0.1) is 0 Å². The van der Waals surface area contributed by atoms with E-state index in [1.54, 1.807) is 0 Å². The van der Waals surface area contributed by atoms with Crippen LogP contribution in [0.4, 0.5) is 0 Å². The first kappa shape index (κ1) is 13.3. The predicted octanol–water partition coefficient (Wildman–Crippen LogP) is 2.76. The van der Waals surface area contributed by atoms with Gasteiger partial charge in [0, 0.05) is 12.1 Å². The highest BCUT2D eigenvalue weighted by Gasteiger charge is 2.07. The molecule has 19 heavy (non-hydrogen) atoms. The third kappa shape index (κ3) is 3.22. The Kier molecular flexibility index (Phi) is 4.00. The van der Waals surface area contributed by atoms with Crippen LogP contribution < -0.4 is 0 Å². The lowest BCUT2D eigenvalue weighted by Crippen LogP contribution is -2.01. The summed E-state index contributed by atoms with van der Waals surface area (Å²) in [5, 5.41) is 13.2. The molecule has 0 aliphatic heterocycles. The SMILES string of the molecule is CCc1ccc(-n2nc(CCC(=O)O)cc2C)cc1. The summed E-state index contributed by atoms with van der Waals surface area (Å²) in [7, 11) is 0. The minimum Gasteiger partial charge on any atom is -0.481 e. The second-order valence-electron chi connectivity index (χ2n) is 4.60. The van der Waals surface area contributed by atoms with Crippen molar-refractivity contribution in [2.45, 2.75) is 33.1 Å². The summed E-state index contributed by atoms with van der Waals surface area (Å²) in [6.45, 7) is 4.10. The Morgan fingerprint density at radius 2 is 2.00 bits per heavy atom. The van der Waals surface area contributed by atoms with Crippen LogP contribution in [-0.4, -0.2) is 20.9 Å². The van der Waals surface area contributed by atoms with Crippen molar-refractivity contribution >= 4 is 5.97 Å². The maximum atomic E-state index is 10.6. The fourth-order valence-electron chi connectivity index (χ4n) is 2.03. The van der Waals surface area contributed by atoms with Gasteiger partial charge >= 0.3 is 5.97 Å². The summed E-state index contributed by atoms with van der Waals surface area (Å²) >= 11 is 0.